The van der Waals surface area contributed by atoms with Crippen molar-refractivity contribution >= 4 is 17.4 Å². The molecule has 0 aliphatic carbocycles. The first kappa shape index (κ1) is 17.0. The van der Waals surface area contributed by atoms with Gasteiger partial charge in [0.15, 0.2) is 5.65 Å². The molecule has 10 heteroatoms. The van der Waals surface area contributed by atoms with Crippen molar-refractivity contribution in [3.8, 4) is 11.3 Å². The molecular weight excluding hydrogens is 368 g/mol. The van der Waals surface area contributed by atoms with Gasteiger partial charge in [-0.25, -0.2) is 15.0 Å². The average Bonchev–Trinajstić information content (AvgIpc) is 3.44. The van der Waals surface area contributed by atoms with Crippen molar-refractivity contribution in [1.29, 1.82) is 0 Å². The Morgan fingerprint density at radius 1 is 0.931 bits per heavy atom. The van der Waals surface area contributed by atoms with Crippen molar-refractivity contribution in [2.24, 2.45) is 14.1 Å². The van der Waals surface area contributed by atoms with Crippen LogP contribution in [0.15, 0.2) is 55.2 Å². The van der Waals surface area contributed by atoms with Crippen molar-refractivity contribution < 1.29 is 0 Å². The van der Waals surface area contributed by atoms with E-state index in [9.17, 15) is 0 Å². The minimum Gasteiger partial charge on any atom is -0.338 e. The van der Waals surface area contributed by atoms with Gasteiger partial charge in [0.1, 0.15) is 17.5 Å². The smallest absolute Gasteiger partial charge is 0.228 e. The monoisotopic (exact) mass is 386 g/mol. The zero-order valence-corrected chi connectivity index (χ0v) is 15.9. The molecule has 0 bridgehead atoms. The Balaban J connectivity index is 1.44. The van der Waals surface area contributed by atoms with Crippen LogP contribution >= 0.6 is 0 Å². The molecule has 0 atom stereocenters. The number of nitrogens with zero attached hydrogens (tertiary/aromatic N) is 9. The molecular formula is C19H18N10. The predicted octanol–water partition coefficient (Wildman–Crippen LogP) is 1.99. The van der Waals surface area contributed by atoms with E-state index in [0.717, 1.165) is 34.4 Å². The molecule has 1 N–H and O–H groups in total. The van der Waals surface area contributed by atoms with Crippen molar-refractivity contribution in [2.75, 3.05) is 5.32 Å². The summed E-state index contributed by atoms with van der Waals surface area (Å²) < 4.78 is 5.67. The van der Waals surface area contributed by atoms with Gasteiger partial charge in [0.25, 0.3) is 0 Å². The van der Waals surface area contributed by atoms with Crippen LogP contribution in [0.25, 0.3) is 16.9 Å². The highest BCUT2D eigenvalue weighted by molar-refractivity contribution is 5.65. The largest absolute Gasteiger partial charge is 0.338 e. The summed E-state index contributed by atoms with van der Waals surface area (Å²) in [5, 5.41) is 15.9. The predicted molar refractivity (Wildman–Crippen MR) is 107 cm³/mol. The number of nitrogens with one attached hydrogen (secondary N) is 1. The van der Waals surface area contributed by atoms with Crippen molar-refractivity contribution in [1.82, 2.24) is 43.9 Å². The molecule has 0 amide bonds. The van der Waals surface area contributed by atoms with E-state index in [1.807, 2.05) is 59.7 Å². The maximum absolute atomic E-state index is 4.61. The van der Waals surface area contributed by atoms with E-state index in [0.29, 0.717) is 12.4 Å². The standard InChI is InChI=1S/C19H18N10/c1-27-10-8-20-16(27)12-18-26-25-17-11-13(5-9-29(17)18)14-3-6-21-19(23-14)24-15-4-7-22-28(15)2/h3-11H,12H2,1-2H3,(H,21,23,24). The Labute approximate surface area is 165 Å². The Morgan fingerprint density at radius 3 is 2.66 bits per heavy atom. The van der Waals surface area contributed by atoms with Gasteiger partial charge in [-0.15, -0.1) is 10.2 Å². The molecule has 5 heterocycles. The Kier molecular flexibility index (Phi) is 4.01. The summed E-state index contributed by atoms with van der Waals surface area (Å²) in [6.45, 7) is 0. The summed E-state index contributed by atoms with van der Waals surface area (Å²) in [5.41, 5.74) is 2.48. The molecule has 0 saturated carbocycles. The third-order valence-electron chi connectivity index (χ3n) is 4.73. The van der Waals surface area contributed by atoms with Crippen molar-refractivity contribution in [2.45, 2.75) is 6.42 Å². The van der Waals surface area contributed by atoms with E-state index in [1.54, 1.807) is 23.3 Å². The number of aromatic nitrogens is 9. The van der Waals surface area contributed by atoms with Gasteiger partial charge in [-0.2, -0.15) is 5.10 Å². The van der Waals surface area contributed by atoms with E-state index < -0.39 is 0 Å². The van der Waals surface area contributed by atoms with Crippen LogP contribution in [0.5, 0.6) is 0 Å². The Morgan fingerprint density at radius 2 is 1.86 bits per heavy atom. The molecule has 0 saturated heterocycles. The second-order valence-electron chi connectivity index (χ2n) is 6.62. The topological polar surface area (TPSA) is 104 Å². The molecule has 10 nitrogen and oxygen atoms in total. The van der Waals surface area contributed by atoms with E-state index in [2.05, 4.69) is 35.6 Å². The molecule has 0 aliphatic heterocycles. The fourth-order valence-electron chi connectivity index (χ4n) is 3.12. The fourth-order valence-corrected chi connectivity index (χ4v) is 3.12. The van der Waals surface area contributed by atoms with Crippen LogP contribution in [0, 0.1) is 0 Å². The molecule has 0 aromatic carbocycles. The number of aryl methyl sites for hydroxylation is 2. The fraction of sp³-hybridized carbons (Fsp3) is 0.158. The van der Waals surface area contributed by atoms with E-state index in [-0.39, 0.29) is 0 Å². The highest BCUT2D eigenvalue weighted by atomic mass is 15.3. The van der Waals surface area contributed by atoms with Crippen LogP contribution in [0.1, 0.15) is 11.6 Å². The maximum atomic E-state index is 4.61. The molecule has 5 aromatic rings. The summed E-state index contributed by atoms with van der Waals surface area (Å²) in [6, 6.07) is 7.69. The first-order chi connectivity index (χ1) is 14.2. The second kappa shape index (κ2) is 6.82. The lowest BCUT2D eigenvalue weighted by Crippen LogP contribution is -2.03. The summed E-state index contributed by atoms with van der Waals surface area (Å²) in [6.07, 6.45) is 9.71. The third kappa shape index (κ3) is 3.20. The quantitative estimate of drug-likeness (QED) is 0.493. The third-order valence-corrected chi connectivity index (χ3v) is 4.73. The van der Waals surface area contributed by atoms with E-state index in [1.165, 1.54) is 0 Å². The van der Waals surface area contributed by atoms with Gasteiger partial charge in [-0.1, -0.05) is 0 Å². The molecule has 0 unspecified atom stereocenters. The molecule has 0 radical (unpaired) electrons. The van der Waals surface area contributed by atoms with Crippen LogP contribution in [0.2, 0.25) is 0 Å². The number of pyridine rings is 1. The number of hydrogen-bond donors (Lipinski definition) is 1. The van der Waals surface area contributed by atoms with Gasteiger partial charge in [0.2, 0.25) is 5.95 Å². The van der Waals surface area contributed by atoms with E-state index in [4.69, 9.17) is 0 Å². The van der Waals surface area contributed by atoms with Crippen LogP contribution in [-0.2, 0) is 20.5 Å². The molecule has 5 aromatic heterocycles. The lowest BCUT2D eigenvalue weighted by Gasteiger charge is -2.07. The van der Waals surface area contributed by atoms with Crippen LogP contribution in [0.3, 0.4) is 0 Å². The van der Waals surface area contributed by atoms with Gasteiger partial charge in [-0.3, -0.25) is 9.08 Å². The molecule has 0 spiro atoms. The van der Waals surface area contributed by atoms with Crippen LogP contribution in [0.4, 0.5) is 11.8 Å². The number of rotatable bonds is 5. The van der Waals surface area contributed by atoms with E-state index >= 15 is 0 Å². The summed E-state index contributed by atoms with van der Waals surface area (Å²) in [7, 11) is 3.82. The molecule has 0 aliphatic rings. The first-order valence-corrected chi connectivity index (χ1v) is 9.06. The van der Waals surface area contributed by atoms with Crippen molar-refractivity contribution in [3.63, 3.8) is 0 Å². The van der Waals surface area contributed by atoms with Crippen molar-refractivity contribution in [3.05, 3.63) is 66.9 Å². The molecule has 144 valence electrons. The summed E-state index contributed by atoms with van der Waals surface area (Å²) >= 11 is 0. The highest BCUT2D eigenvalue weighted by Crippen LogP contribution is 2.21. The Bertz CT molecular complexity index is 1300. The second-order valence-corrected chi connectivity index (χ2v) is 6.62. The maximum Gasteiger partial charge on any atom is 0.228 e. The van der Waals surface area contributed by atoms with Crippen LogP contribution in [-0.4, -0.2) is 43.9 Å². The number of imidazole rings is 1. The Hall–Kier alpha value is -4.08. The van der Waals surface area contributed by atoms with Gasteiger partial charge in [0, 0.05) is 50.5 Å². The molecule has 29 heavy (non-hydrogen) atoms. The zero-order valence-electron chi connectivity index (χ0n) is 15.9. The molecule has 0 fully saturated rings. The minimum atomic E-state index is 0.503. The first-order valence-electron chi connectivity index (χ1n) is 9.06. The summed E-state index contributed by atoms with van der Waals surface area (Å²) in [5.74, 6) is 3.09. The lowest BCUT2D eigenvalue weighted by atomic mass is 10.2. The SMILES string of the molecule is Cn1ccnc1Cc1nnc2cc(-c3ccnc(Nc4ccnn4C)n3)ccn12. The normalized spacial score (nSPS) is 11.2. The van der Waals surface area contributed by atoms with Gasteiger partial charge < -0.3 is 9.88 Å². The minimum absolute atomic E-state index is 0.503. The highest BCUT2D eigenvalue weighted by Gasteiger charge is 2.11. The van der Waals surface area contributed by atoms with Gasteiger partial charge in [0.05, 0.1) is 18.3 Å². The lowest BCUT2D eigenvalue weighted by molar-refractivity contribution is 0.775. The van der Waals surface area contributed by atoms with Crippen LogP contribution < -0.4 is 5.32 Å². The number of hydrogen-bond acceptors (Lipinski definition) is 7. The van der Waals surface area contributed by atoms with Gasteiger partial charge in [-0.05, 0) is 18.2 Å². The molecule has 5 rings (SSSR count). The zero-order chi connectivity index (χ0) is 19.8. The number of fused-ring (bicyclic) bond motifs is 1. The summed E-state index contributed by atoms with van der Waals surface area (Å²) in [4.78, 5) is 13.3. The van der Waals surface area contributed by atoms with Gasteiger partial charge >= 0.3 is 0 Å². The average molecular weight is 386 g/mol. The number of anilines is 2.